The highest BCUT2D eigenvalue weighted by Crippen LogP contribution is 2.22. The molecule has 0 saturated carbocycles. The van der Waals surface area contributed by atoms with Crippen LogP contribution in [0.1, 0.15) is 11.1 Å². The molecule has 1 heteroatoms. The van der Waals surface area contributed by atoms with Gasteiger partial charge in [0.15, 0.2) is 0 Å². The Balaban J connectivity index is 1.88. The average Bonchev–Trinajstić information content (AvgIpc) is 2.49. The first kappa shape index (κ1) is 12.3. The van der Waals surface area contributed by atoms with E-state index in [0.29, 0.717) is 6.42 Å². The van der Waals surface area contributed by atoms with Crippen LogP contribution >= 0.6 is 0 Å². The van der Waals surface area contributed by atoms with Gasteiger partial charge in [-0.1, -0.05) is 54.3 Å². The highest BCUT2D eigenvalue weighted by molar-refractivity contribution is 5.86. The summed E-state index contributed by atoms with van der Waals surface area (Å²) in [6, 6.07) is 22.4. The van der Waals surface area contributed by atoms with E-state index in [4.69, 9.17) is 5.73 Å². The van der Waals surface area contributed by atoms with Gasteiger partial charge in [0, 0.05) is 17.7 Å². The van der Waals surface area contributed by atoms with Crippen molar-refractivity contribution < 1.29 is 0 Å². The molecule has 3 aromatic rings. The van der Waals surface area contributed by atoms with Crippen molar-refractivity contribution in [1.82, 2.24) is 0 Å². The topological polar surface area (TPSA) is 26.0 Å². The lowest BCUT2D eigenvalue weighted by Gasteiger charge is -2.05. The van der Waals surface area contributed by atoms with Gasteiger partial charge in [0.05, 0.1) is 0 Å². The fraction of sp³-hybridized carbons (Fsp3) is 0.0526. The highest BCUT2D eigenvalue weighted by Gasteiger charge is 2.00. The molecule has 1 nitrogen and oxygen atoms in total. The van der Waals surface area contributed by atoms with Crippen LogP contribution in [0.4, 0.5) is 5.69 Å². The van der Waals surface area contributed by atoms with E-state index in [1.54, 1.807) is 0 Å². The largest absolute Gasteiger partial charge is 0.398 e. The Bertz CT molecular complexity index is 792. The Labute approximate surface area is 119 Å². The van der Waals surface area contributed by atoms with Gasteiger partial charge in [-0.2, -0.15) is 0 Å². The van der Waals surface area contributed by atoms with Crippen molar-refractivity contribution in [2.24, 2.45) is 0 Å². The summed E-state index contributed by atoms with van der Waals surface area (Å²) in [5, 5.41) is 2.38. The lowest BCUT2D eigenvalue weighted by Crippen LogP contribution is -1.93. The second-order valence-electron chi connectivity index (χ2n) is 4.74. The van der Waals surface area contributed by atoms with Crippen LogP contribution < -0.4 is 5.73 Å². The molecule has 0 unspecified atom stereocenters. The lowest BCUT2D eigenvalue weighted by atomic mass is 10.0. The summed E-state index contributed by atoms with van der Waals surface area (Å²) in [5.74, 6) is 6.36. The van der Waals surface area contributed by atoms with Gasteiger partial charge in [0.2, 0.25) is 0 Å². The molecule has 0 aliphatic heterocycles. The Morgan fingerprint density at radius 3 is 2.20 bits per heavy atom. The summed E-state index contributed by atoms with van der Waals surface area (Å²) in [4.78, 5) is 0. The van der Waals surface area contributed by atoms with E-state index in [-0.39, 0.29) is 0 Å². The molecule has 20 heavy (non-hydrogen) atoms. The van der Waals surface area contributed by atoms with Crippen molar-refractivity contribution in [3.63, 3.8) is 0 Å². The summed E-state index contributed by atoms with van der Waals surface area (Å²) < 4.78 is 0. The third-order valence-corrected chi connectivity index (χ3v) is 3.29. The number of nitrogens with two attached hydrogens (primary N) is 1. The summed E-state index contributed by atoms with van der Waals surface area (Å²) in [5.41, 5.74) is 9.03. The number of rotatable bonds is 1. The molecule has 3 rings (SSSR count). The van der Waals surface area contributed by atoms with Crippen LogP contribution in [0.15, 0.2) is 66.7 Å². The van der Waals surface area contributed by atoms with E-state index >= 15 is 0 Å². The number of nitrogen functional groups attached to an aromatic ring is 1. The normalized spacial score (nSPS) is 10.0. The molecule has 0 aliphatic carbocycles. The van der Waals surface area contributed by atoms with Gasteiger partial charge < -0.3 is 5.73 Å². The molecule has 0 aromatic heterocycles. The fourth-order valence-corrected chi connectivity index (χ4v) is 2.22. The summed E-state index contributed by atoms with van der Waals surface area (Å²) in [7, 11) is 0. The summed E-state index contributed by atoms with van der Waals surface area (Å²) in [6.45, 7) is 0. The van der Waals surface area contributed by atoms with Gasteiger partial charge in [-0.15, -0.1) is 0 Å². The predicted octanol–water partition coefficient (Wildman–Crippen LogP) is 4.02. The average molecular weight is 257 g/mol. The van der Waals surface area contributed by atoms with Crippen LogP contribution in [-0.4, -0.2) is 0 Å². The molecule has 96 valence electrons. The van der Waals surface area contributed by atoms with Crippen LogP contribution in [-0.2, 0) is 6.42 Å². The molecule has 2 N–H and O–H groups in total. The molecule has 0 saturated heterocycles. The molecular formula is C19H15N. The minimum atomic E-state index is 0.672. The highest BCUT2D eigenvalue weighted by atomic mass is 14.6. The van der Waals surface area contributed by atoms with E-state index in [1.165, 1.54) is 10.8 Å². The molecule has 0 spiro atoms. The maximum Gasteiger partial charge on any atom is 0.0364 e. The number of hydrogen-bond donors (Lipinski definition) is 1. The van der Waals surface area contributed by atoms with Gasteiger partial charge in [0.1, 0.15) is 0 Å². The monoisotopic (exact) mass is 257 g/mol. The Hall–Kier alpha value is -2.72. The first-order chi connectivity index (χ1) is 9.83. The zero-order chi connectivity index (χ0) is 13.8. The standard InChI is InChI=1S/C19H15N/c20-19-14-17-11-5-4-10-16(17)13-18(19)12-6-9-15-7-2-1-3-8-15/h1-5,7-8,10-11,13-14H,12,20H2. The predicted molar refractivity (Wildman–Crippen MR) is 85.4 cm³/mol. The first-order valence-electron chi connectivity index (χ1n) is 6.64. The number of anilines is 1. The van der Waals surface area contributed by atoms with Gasteiger partial charge in [-0.3, -0.25) is 0 Å². The van der Waals surface area contributed by atoms with Crippen LogP contribution in [0.3, 0.4) is 0 Å². The summed E-state index contributed by atoms with van der Waals surface area (Å²) >= 11 is 0. The maximum absolute atomic E-state index is 6.10. The zero-order valence-corrected chi connectivity index (χ0v) is 11.1. The molecular weight excluding hydrogens is 242 g/mol. The fourth-order valence-electron chi connectivity index (χ4n) is 2.22. The molecule has 0 heterocycles. The van der Waals surface area contributed by atoms with Crippen LogP contribution in [0.25, 0.3) is 10.8 Å². The minimum absolute atomic E-state index is 0.672. The lowest BCUT2D eigenvalue weighted by molar-refractivity contribution is 1.34. The number of benzene rings is 3. The second-order valence-corrected chi connectivity index (χ2v) is 4.74. The number of fused-ring (bicyclic) bond motifs is 1. The van der Waals surface area contributed by atoms with Crippen molar-refractivity contribution >= 4 is 16.5 Å². The second kappa shape index (κ2) is 5.50. The Morgan fingerprint density at radius 2 is 1.45 bits per heavy atom. The van der Waals surface area contributed by atoms with Crippen LogP contribution in [0.2, 0.25) is 0 Å². The molecule has 0 amide bonds. The maximum atomic E-state index is 6.10. The van der Waals surface area contributed by atoms with Crippen molar-refractivity contribution in [3.05, 3.63) is 77.9 Å². The van der Waals surface area contributed by atoms with Crippen molar-refractivity contribution in [2.75, 3.05) is 5.73 Å². The summed E-state index contributed by atoms with van der Waals surface area (Å²) in [6.07, 6.45) is 0.672. The van der Waals surface area contributed by atoms with E-state index in [0.717, 1.165) is 16.8 Å². The molecule has 0 fully saturated rings. The van der Waals surface area contributed by atoms with Gasteiger partial charge in [-0.25, -0.2) is 0 Å². The third-order valence-electron chi connectivity index (χ3n) is 3.29. The minimum Gasteiger partial charge on any atom is -0.398 e. The Kier molecular flexibility index (Phi) is 3.39. The quantitative estimate of drug-likeness (QED) is 0.517. The van der Waals surface area contributed by atoms with E-state index in [9.17, 15) is 0 Å². The molecule has 3 aromatic carbocycles. The smallest absolute Gasteiger partial charge is 0.0364 e. The van der Waals surface area contributed by atoms with Crippen LogP contribution in [0.5, 0.6) is 0 Å². The van der Waals surface area contributed by atoms with E-state index in [2.05, 4.69) is 30.0 Å². The molecule has 0 aliphatic rings. The van der Waals surface area contributed by atoms with Crippen molar-refractivity contribution in [2.45, 2.75) is 6.42 Å². The van der Waals surface area contributed by atoms with Crippen molar-refractivity contribution in [1.29, 1.82) is 0 Å². The number of hydrogen-bond acceptors (Lipinski definition) is 1. The third kappa shape index (κ3) is 2.65. The Morgan fingerprint density at radius 1 is 0.800 bits per heavy atom. The van der Waals surface area contributed by atoms with Crippen LogP contribution in [0, 0.1) is 11.8 Å². The van der Waals surface area contributed by atoms with Crippen molar-refractivity contribution in [3.8, 4) is 11.8 Å². The van der Waals surface area contributed by atoms with E-state index < -0.39 is 0 Å². The van der Waals surface area contributed by atoms with E-state index in [1.807, 2.05) is 48.5 Å². The molecule has 0 radical (unpaired) electrons. The first-order valence-corrected chi connectivity index (χ1v) is 6.64. The van der Waals surface area contributed by atoms with Gasteiger partial charge in [0.25, 0.3) is 0 Å². The SMILES string of the molecule is Nc1cc2ccccc2cc1CC#Cc1ccccc1. The zero-order valence-electron chi connectivity index (χ0n) is 11.1. The van der Waals surface area contributed by atoms with Gasteiger partial charge in [-0.05, 0) is 40.6 Å². The molecule has 0 bridgehead atoms. The molecule has 0 atom stereocenters. The van der Waals surface area contributed by atoms with Gasteiger partial charge >= 0.3 is 0 Å².